The molecule has 0 saturated carbocycles. The van der Waals surface area contributed by atoms with E-state index in [-0.39, 0.29) is 16.6 Å². The first kappa shape index (κ1) is 25.1. The number of halogens is 7. The molecule has 33 heavy (non-hydrogen) atoms. The fourth-order valence-corrected chi connectivity index (χ4v) is 4.36. The van der Waals surface area contributed by atoms with Gasteiger partial charge in [-0.3, -0.25) is 0 Å². The molecule has 0 amide bonds. The lowest BCUT2D eigenvalue weighted by Crippen LogP contribution is -2.51. The molecule has 0 bridgehead atoms. The van der Waals surface area contributed by atoms with Crippen LogP contribution in [0.4, 0.5) is 30.7 Å². The molecule has 180 valence electrons. The molecule has 1 aromatic heterocycles. The van der Waals surface area contributed by atoms with Crippen molar-refractivity contribution in [3.63, 3.8) is 0 Å². The van der Waals surface area contributed by atoms with Gasteiger partial charge in [0.15, 0.2) is 5.60 Å². The number of aryl methyl sites for hydroxylation is 1. The van der Waals surface area contributed by atoms with Crippen molar-refractivity contribution in [1.82, 2.24) is 4.98 Å². The number of aromatic amines is 1. The fourth-order valence-electron chi connectivity index (χ4n) is 4.36. The first-order valence-electron chi connectivity index (χ1n) is 10.3. The quantitative estimate of drug-likeness (QED) is 0.367. The van der Waals surface area contributed by atoms with Crippen molar-refractivity contribution in [2.24, 2.45) is 0 Å². The highest BCUT2D eigenvalue weighted by atomic mass is 19.4. The van der Waals surface area contributed by atoms with E-state index >= 15 is 0 Å². The summed E-state index contributed by atoms with van der Waals surface area (Å²) in [6.07, 6.45) is -10.8. The van der Waals surface area contributed by atoms with Crippen LogP contribution in [0, 0.1) is 5.82 Å². The second-order valence-corrected chi connectivity index (χ2v) is 9.02. The first-order valence-corrected chi connectivity index (χ1v) is 10.3. The minimum atomic E-state index is -5.04. The van der Waals surface area contributed by atoms with Crippen molar-refractivity contribution in [1.29, 1.82) is 0 Å². The minimum absolute atomic E-state index is 0.0603. The second kappa shape index (κ2) is 8.34. The number of aromatic nitrogens is 1. The van der Waals surface area contributed by atoms with Gasteiger partial charge in [0.2, 0.25) is 0 Å². The Bertz CT molecular complexity index is 1140. The van der Waals surface area contributed by atoms with Gasteiger partial charge >= 0.3 is 12.4 Å². The Morgan fingerprint density at radius 1 is 0.909 bits per heavy atom. The van der Waals surface area contributed by atoms with E-state index in [4.69, 9.17) is 0 Å². The molecule has 2 N–H and O–H groups in total. The van der Waals surface area contributed by atoms with Crippen LogP contribution in [0.3, 0.4) is 0 Å². The molecule has 2 aromatic carbocycles. The largest absolute Gasteiger partial charge is 0.417 e. The number of fused-ring (bicyclic) bond motifs is 1. The van der Waals surface area contributed by atoms with Crippen molar-refractivity contribution in [3.8, 4) is 0 Å². The second-order valence-electron chi connectivity index (χ2n) is 9.02. The van der Waals surface area contributed by atoms with E-state index in [0.29, 0.717) is 17.5 Å². The molecule has 0 aliphatic rings. The van der Waals surface area contributed by atoms with Gasteiger partial charge in [0.25, 0.3) is 0 Å². The summed E-state index contributed by atoms with van der Waals surface area (Å²) in [6, 6.07) is 7.90. The maximum absolute atomic E-state index is 14.1. The molecule has 3 rings (SSSR count). The molecule has 0 aliphatic heterocycles. The van der Waals surface area contributed by atoms with Gasteiger partial charge in [0.1, 0.15) is 5.82 Å². The molecule has 0 saturated heterocycles. The van der Waals surface area contributed by atoms with E-state index in [9.17, 15) is 35.8 Å². The van der Waals surface area contributed by atoms with Gasteiger partial charge in [-0.25, -0.2) is 4.39 Å². The zero-order chi connectivity index (χ0) is 24.8. The Morgan fingerprint density at radius 2 is 1.58 bits per heavy atom. The number of rotatable bonds is 6. The van der Waals surface area contributed by atoms with Crippen molar-refractivity contribution in [2.45, 2.75) is 63.4 Å². The summed E-state index contributed by atoms with van der Waals surface area (Å²) in [7, 11) is 0. The predicted molar refractivity (Wildman–Crippen MR) is 111 cm³/mol. The first-order chi connectivity index (χ1) is 15.1. The molecule has 1 atom stereocenters. The Hall–Kier alpha value is -2.55. The van der Waals surface area contributed by atoms with Crippen LogP contribution in [0.15, 0.2) is 42.5 Å². The number of hydrogen-bond donors (Lipinski definition) is 2. The number of aliphatic hydroxyl groups is 1. The van der Waals surface area contributed by atoms with Gasteiger partial charge in [0, 0.05) is 23.0 Å². The highest BCUT2D eigenvalue weighted by Crippen LogP contribution is 2.44. The number of alkyl halides is 6. The molecule has 0 spiro atoms. The smallest absolute Gasteiger partial charge is 0.380 e. The van der Waals surface area contributed by atoms with E-state index < -0.39 is 47.6 Å². The topological polar surface area (TPSA) is 36.0 Å². The summed E-state index contributed by atoms with van der Waals surface area (Å²) >= 11 is 0. The minimum Gasteiger partial charge on any atom is -0.380 e. The highest BCUT2D eigenvalue weighted by Gasteiger charge is 2.56. The van der Waals surface area contributed by atoms with Crippen LogP contribution in [0.1, 0.15) is 49.6 Å². The van der Waals surface area contributed by atoms with Crippen LogP contribution in [-0.4, -0.2) is 21.9 Å². The Kier molecular flexibility index (Phi) is 6.34. The Balaban J connectivity index is 1.99. The van der Waals surface area contributed by atoms with E-state index in [1.54, 1.807) is 6.92 Å². The molecule has 0 aliphatic carbocycles. The lowest BCUT2D eigenvalue weighted by Gasteiger charge is -2.38. The molecule has 1 heterocycles. The van der Waals surface area contributed by atoms with Crippen LogP contribution in [0.2, 0.25) is 0 Å². The summed E-state index contributed by atoms with van der Waals surface area (Å²) in [5.74, 6) is -0.595. The number of H-pyrrole nitrogens is 1. The maximum Gasteiger partial charge on any atom is 0.417 e. The number of nitrogens with one attached hydrogen (secondary N) is 1. The standard InChI is InChI=1S/C24H24F7NO/c1-4-14-5-7-17(25)11-19(14)21(2,3)13-22(33,24(29,30)31)12-18-10-15-9-16(23(26,27)28)6-8-20(15)32-18/h5-11,32-33H,4,12-13H2,1-3H3. The van der Waals surface area contributed by atoms with Gasteiger partial charge in [0.05, 0.1) is 5.56 Å². The van der Waals surface area contributed by atoms with Crippen molar-refractivity contribution in [3.05, 3.63) is 70.7 Å². The normalized spacial score (nSPS) is 15.1. The van der Waals surface area contributed by atoms with Gasteiger partial charge in [-0.15, -0.1) is 0 Å². The summed E-state index contributed by atoms with van der Waals surface area (Å²) in [5, 5.41) is 10.9. The average Bonchev–Trinajstić information content (AvgIpc) is 3.07. The molecular formula is C24H24F7NO. The van der Waals surface area contributed by atoms with Gasteiger partial charge in [-0.2, -0.15) is 26.3 Å². The predicted octanol–water partition coefficient (Wildman–Crippen LogP) is 7.09. The van der Waals surface area contributed by atoms with Gasteiger partial charge in [-0.1, -0.05) is 26.8 Å². The molecule has 0 fully saturated rings. The van der Waals surface area contributed by atoms with Crippen LogP contribution < -0.4 is 0 Å². The molecular weight excluding hydrogens is 451 g/mol. The SMILES string of the molecule is CCc1ccc(F)cc1C(C)(C)CC(O)(Cc1cc2cc(C(F)(F)F)ccc2[nH]1)C(F)(F)F. The summed E-state index contributed by atoms with van der Waals surface area (Å²) < 4.78 is 95.0. The van der Waals surface area contributed by atoms with Crippen LogP contribution in [0.5, 0.6) is 0 Å². The number of hydrogen-bond acceptors (Lipinski definition) is 1. The average molecular weight is 475 g/mol. The molecule has 1 unspecified atom stereocenters. The zero-order valence-electron chi connectivity index (χ0n) is 18.3. The van der Waals surface area contributed by atoms with E-state index in [0.717, 1.165) is 18.2 Å². The third-order valence-electron chi connectivity index (χ3n) is 5.93. The van der Waals surface area contributed by atoms with E-state index in [2.05, 4.69) is 4.98 Å². The third-order valence-corrected chi connectivity index (χ3v) is 5.93. The zero-order valence-corrected chi connectivity index (χ0v) is 18.3. The fraction of sp³-hybridized carbons (Fsp3) is 0.417. The van der Waals surface area contributed by atoms with Gasteiger partial charge in [-0.05, 0) is 65.8 Å². The third kappa shape index (κ3) is 5.18. The summed E-state index contributed by atoms with van der Waals surface area (Å²) in [5.41, 5.74) is -4.20. The maximum atomic E-state index is 14.1. The molecule has 9 heteroatoms. The van der Waals surface area contributed by atoms with Crippen molar-refractivity contribution in [2.75, 3.05) is 0 Å². The van der Waals surface area contributed by atoms with Crippen LogP contribution in [-0.2, 0) is 24.4 Å². The van der Waals surface area contributed by atoms with E-state index in [1.807, 2.05) is 0 Å². The Labute approximate surface area is 186 Å². The van der Waals surface area contributed by atoms with Crippen molar-refractivity contribution >= 4 is 10.9 Å². The molecule has 0 radical (unpaired) electrons. The Morgan fingerprint density at radius 3 is 2.15 bits per heavy atom. The summed E-state index contributed by atoms with van der Waals surface area (Å²) in [4.78, 5) is 2.67. The lowest BCUT2D eigenvalue weighted by atomic mass is 9.72. The monoisotopic (exact) mass is 475 g/mol. The lowest BCUT2D eigenvalue weighted by molar-refractivity contribution is -0.266. The summed E-state index contributed by atoms with van der Waals surface area (Å²) in [6.45, 7) is 4.79. The van der Waals surface area contributed by atoms with Crippen LogP contribution >= 0.6 is 0 Å². The molecule has 2 nitrogen and oxygen atoms in total. The number of benzene rings is 2. The van der Waals surface area contributed by atoms with Crippen LogP contribution in [0.25, 0.3) is 10.9 Å². The van der Waals surface area contributed by atoms with Gasteiger partial charge < -0.3 is 10.1 Å². The highest BCUT2D eigenvalue weighted by molar-refractivity contribution is 5.81. The van der Waals surface area contributed by atoms with E-state index in [1.165, 1.54) is 38.1 Å². The van der Waals surface area contributed by atoms with Crippen molar-refractivity contribution < 1.29 is 35.8 Å². The molecule has 3 aromatic rings.